The van der Waals surface area contributed by atoms with Gasteiger partial charge in [0.15, 0.2) is 5.78 Å². The molecule has 0 radical (unpaired) electrons. The molecule has 0 spiro atoms. The minimum absolute atomic E-state index is 0.0240. The van der Waals surface area contributed by atoms with Crippen LogP contribution in [0.15, 0.2) is 64.5 Å². The molecule has 1 N–H and O–H groups in total. The van der Waals surface area contributed by atoms with Crippen LogP contribution in [0.4, 0.5) is 0 Å². The monoisotopic (exact) mass is 576 g/mol. The number of piperidine rings is 1. The van der Waals surface area contributed by atoms with E-state index in [1.807, 2.05) is 31.2 Å². The predicted molar refractivity (Wildman–Crippen MR) is 158 cm³/mol. The van der Waals surface area contributed by atoms with E-state index in [-0.39, 0.29) is 41.0 Å². The van der Waals surface area contributed by atoms with E-state index in [1.165, 1.54) is 13.3 Å². The lowest BCUT2D eigenvalue weighted by Crippen LogP contribution is -2.40. The zero-order valence-electron chi connectivity index (χ0n) is 23.9. The molecular weight excluding hydrogens is 540 g/mol. The van der Waals surface area contributed by atoms with Crippen molar-refractivity contribution in [1.29, 1.82) is 0 Å². The molecule has 1 aliphatic rings. The summed E-state index contributed by atoms with van der Waals surface area (Å²) in [6, 6.07) is 13.0. The summed E-state index contributed by atoms with van der Waals surface area (Å²) in [5.74, 6) is 0.705. The molecular formula is C31H36N4O5S. The minimum atomic E-state index is -3.58. The van der Waals surface area contributed by atoms with E-state index in [0.29, 0.717) is 48.5 Å². The van der Waals surface area contributed by atoms with Gasteiger partial charge in [-0.15, -0.1) is 0 Å². The number of rotatable bonds is 9. The number of nitrogens with one attached hydrogen (secondary N) is 1. The average Bonchev–Trinajstić information content (AvgIpc) is 3.27. The Balaban J connectivity index is 1.37. The molecule has 1 aliphatic heterocycles. The third-order valence-corrected chi connectivity index (χ3v) is 10.2. The lowest BCUT2D eigenvalue weighted by atomic mass is 9.91. The van der Waals surface area contributed by atoms with Crippen molar-refractivity contribution in [2.75, 3.05) is 20.2 Å². The van der Waals surface area contributed by atoms with Crippen molar-refractivity contribution in [3.63, 3.8) is 0 Å². The Labute approximate surface area is 240 Å². The second-order valence-corrected chi connectivity index (χ2v) is 12.7. The Morgan fingerprint density at radius 2 is 1.88 bits per heavy atom. The van der Waals surface area contributed by atoms with E-state index < -0.39 is 10.0 Å². The molecule has 5 rings (SSSR count). The molecule has 1 aromatic carbocycles. The Hall–Kier alpha value is -3.76. The molecule has 1 atom stereocenters. The van der Waals surface area contributed by atoms with Crippen molar-refractivity contribution >= 4 is 26.7 Å². The van der Waals surface area contributed by atoms with Crippen LogP contribution in [0.25, 0.3) is 10.9 Å². The quantitative estimate of drug-likeness (QED) is 0.286. The number of fused-ring (bicyclic) bond motifs is 1. The Kier molecular flexibility index (Phi) is 8.15. The number of methoxy groups -OCH3 is 1. The maximum Gasteiger partial charge on any atom is 0.255 e. The summed E-state index contributed by atoms with van der Waals surface area (Å²) in [6.45, 7) is 6.79. The van der Waals surface area contributed by atoms with Gasteiger partial charge in [0.1, 0.15) is 10.6 Å². The van der Waals surface area contributed by atoms with Crippen molar-refractivity contribution in [2.45, 2.75) is 57.4 Å². The van der Waals surface area contributed by atoms with Crippen LogP contribution in [-0.2, 0) is 16.4 Å². The van der Waals surface area contributed by atoms with Gasteiger partial charge in [0.25, 0.3) is 5.56 Å². The van der Waals surface area contributed by atoms with E-state index >= 15 is 0 Å². The van der Waals surface area contributed by atoms with E-state index in [2.05, 4.69) is 21.5 Å². The Morgan fingerprint density at radius 1 is 1.15 bits per heavy atom. The molecule has 1 saturated heterocycles. The fourth-order valence-corrected chi connectivity index (χ4v) is 7.63. The van der Waals surface area contributed by atoms with Crippen molar-refractivity contribution in [3.05, 3.63) is 87.7 Å². The highest BCUT2D eigenvalue weighted by Crippen LogP contribution is 2.37. The van der Waals surface area contributed by atoms with E-state index in [9.17, 15) is 18.0 Å². The molecule has 216 valence electrons. The number of Topliss-reactive ketones (excluding diaryl/α,β-unsaturated/α-hetero) is 1. The first kappa shape index (κ1) is 28.8. The van der Waals surface area contributed by atoms with Crippen LogP contribution >= 0.6 is 0 Å². The number of hydrogen-bond acceptors (Lipinski definition) is 6. The third kappa shape index (κ3) is 5.46. The highest BCUT2D eigenvalue weighted by Gasteiger charge is 2.33. The molecule has 1 fully saturated rings. The first-order valence-corrected chi connectivity index (χ1v) is 15.4. The Morgan fingerprint density at radius 3 is 2.56 bits per heavy atom. The smallest absolute Gasteiger partial charge is 0.255 e. The number of carbonyl (C=O) groups is 1. The first-order valence-electron chi connectivity index (χ1n) is 13.9. The zero-order valence-corrected chi connectivity index (χ0v) is 24.7. The number of ketones is 1. The van der Waals surface area contributed by atoms with Crippen LogP contribution in [-0.4, -0.2) is 53.2 Å². The van der Waals surface area contributed by atoms with Gasteiger partial charge < -0.3 is 14.3 Å². The first-order chi connectivity index (χ1) is 19.6. The summed E-state index contributed by atoms with van der Waals surface area (Å²) in [7, 11) is -2.05. The predicted octanol–water partition coefficient (Wildman–Crippen LogP) is 4.83. The van der Waals surface area contributed by atoms with Crippen LogP contribution in [0, 0.1) is 19.8 Å². The van der Waals surface area contributed by atoms with Gasteiger partial charge in [-0.2, -0.15) is 4.31 Å². The normalized spacial score (nSPS) is 15.7. The lowest BCUT2D eigenvalue weighted by Gasteiger charge is -2.35. The van der Waals surface area contributed by atoms with Crippen LogP contribution in [0.3, 0.4) is 0 Å². The number of sulfonamides is 1. The molecule has 3 aromatic heterocycles. The van der Waals surface area contributed by atoms with Crippen molar-refractivity contribution in [2.24, 2.45) is 5.92 Å². The molecule has 41 heavy (non-hydrogen) atoms. The van der Waals surface area contributed by atoms with Crippen molar-refractivity contribution < 1.29 is 17.9 Å². The topological polar surface area (TPSA) is 114 Å². The molecule has 0 unspecified atom stereocenters. The minimum Gasteiger partial charge on any atom is -0.496 e. The van der Waals surface area contributed by atoms with Gasteiger partial charge in [0.05, 0.1) is 12.7 Å². The van der Waals surface area contributed by atoms with Gasteiger partial charge >= 0.3 is 0 Å². The number of aromatic amines is 1. The van der Waals surface area contributed by atoms with Gasteiger partial charge in [-0.05, 0) is 70.2 Å². The molecule has 4 aromatic rings. The number of carbonyl (C=O) groups excluding carboxylic acids is 1. The van der Waals surface area contributed by atoms with Crippen molar-refractivity contribution in [1.82, 2.24) is 18.8 Å². The third-order valence-electron chi connectivity index (χ3n) is 8.35. The van der Waals surface area contributed by atoms with Gasteiger partial charge in [-0.3, -0.25) is 14.6 Å². The molecule has 0 aliphatic carbocycles. The second kappa shape index (κ2) is 11.6. The van der Waals surface area contributed by atoms with Crippen LogP contribution in [0.1, 0.15) is 59.5 Å². The van der Waals surface area contributed by atoms with Gasteiger partial charge in [-0.1, -0.05) is 18.2 Å². The maximum atomic E-state index is 13.7. The lowest BCUT2D eigenvalue weighted by molar-refractivity contribution is 0.0983. The largest absolute Gasteiger partial charge is 0.496 e. The standard InChI is InChI=1S/C31H36N4O5S/c1-20-18-29(40-4)26(31(37)33-20)11-12-28(36)30-22(3)35(27-10-6-5-9-25(27)30)21(2)23-13-16-34(17-14-23)41(38,39)24-8-7-15-32-19-24/h5-10,15,18-19,21,23H,11-14,16-17H2,1-4H3,(H,33,37)/t21-/m1/s1. The van der Waals surface area contributed by atoms with Gasteiger partial charge in [0, 0.05) is 65.8 Å². The van der Waals surface area contributed by atoms with E-state index in [4.69, 9.17) is 4.74 Å². The number of para-hydroxylation sites is 1. The number of benzene rings is 1. The molecule has 0 amide bonds. The number of hydrogen-bond donors (Lipinski definition) is 1. The van der Waals surface area contributed by atoms with Crippen LogP contribution < -0.4 is 10.3 Å². The Bertz CT molecular complexity index is 1740. The SMILES string of the molecule is COc1cc(C)[nH]c(=O)c1CCC(=O)c1c(C)n([C@H](C)C2CCN(S(=O)(=O)c3cccnc3)CC2)c2ccccc12. The summed E-state index contributed by atoms with van der Waals surface area (Å²) >= 11 is 0. The molecule has 9 nitrogen and oxygen atoms in total. The zero-order chi connectivity index (χ0) is 29.3. The van der Waals surface area contributed by atoms with Gasteiger partial charge in [0.2, 0.25) is 10.0 Å². The van der Waals surface area contributed by atoms with E-state index in [1.54, 1.807) is 35.6 Å². The second-order valence-electron chi connectivity index (χ2n) is 10.8. The molecule has 4 heterocycles. The number of pyridine rings is 2. The summed E-state index contributed by atoms with van der Waals surface area (Å²) in [6.07, 6.45) is 4.84. The van der Waals surface area contributed by atoms with E-state index in [0.717, 1.165) is 16.6 Å². The maximum absolute atomic E-state index is 13.7. The fourth-order valence-electron chi connectivity index (χ4n) is 6.19. The summed E-state index contributed by atoms with van der Waals surface area (Å²) in [5.41, 5.74) is 3.48. The number of nitrogens with zero attached hydrogens (tertiary/aromatic N) is 3. The fraction of sp³-hybridized carbons (Fsp3) is 0.387. The highest BCUT2D eigenvalue weighted by molar-refractivity contribution is 7.89. The number of H-pyrrole nitrogens is 1. The van der Waals surface area contributed by atoms with Crippen LogP contribution in [0.2, 0.25) is 0 Å². The number of ether oxygens (including phenoxy) is 1. The summed E-state index contributed by atoms with van der Waals surface area (Å²) in [4.78, 5) is 33.3. The summed E-state index contributed by atoms with van der Waals surface area (Å²) in [5, 5.41) is 0.892. The number of aryl methyl sites for hydroxylation is 1. The molecule has 0 saturated carbocycles. The molecule has 0 bridgehead atoms. The molecule has 10 heteroatoms. The van der Waals surface area contributed by atoms with Crippen LogP contribution in [0.5, 0.6) is 5.75 Å². The summed E-state index contributed by atoms with van der Waals surface area (Å²) < 4.78 is 35.4. The van der Waals surface area contributed by atoms with Crippen molar-refractivity contribution in [3.8, 4) is 5.75 Å². The highest BCUT2D eigenvalue weighted by atomic mass is 32.2. The van der Waals surface area contributed by atoms with Gasteiger partial charge in [-0.25, -0.2) is 8.42 Å². The number of aromatic nitrogens is 3. The average molecular weight is 577 g/mol.